The highest BCUT2D eigenvalue weighted by Gasteiger charge is 2.13. The van der Waals surface area contributed by atoms with Crippen molar-refractivity contribution in [2.45, 2.75) is 32.2 Å². The largest absolute Gasteiger partial charge is 0.462 e. The molecular formula is C15H20N2O. The molecule has 0 aliphatic carbocycles. The number of nitrogen functional groups attached to an aromatic ring is 1. The fraction of sp³-hybridized carbons (Fsp3) is 0.467. The van der Waals surface area contributed by atoms with E-state index in [1.165, 1.54) is 49.7 Å². The summed E-state index contributed by atoms with van der Waals surface area (Å²) in [7, 11) is 0. The monoisotopic (exact) mass is 244 g/mol. The van der Waals surface area contributed by atoms with Gasteiger partial charge in [0.2, 0.25) is 0 Å². The number of anilines is 1. The van der Waals surface area contributed by atoms with Crippen molar-refractivity contribution >= 4 is 16.7 Å². The predicted octanol–water partition coefficient (Wildman–Crippen LogP) is 3.39. The Morgan fingerprint density at radius 1 is 1.11 bits per heavy atom. The summed E-state index contributed by atoms with van der Waals surface area (Å²) in [4.78, 5) is 2.53. The smallest absolute Gasteiger partial charge is 0.157 e. The van der Waals surface area contributed by atoms with E-state index >= 15 is 0 Å². The van der Waals surface area contributed by atoms with E-state index in [2.05, 4.69) is 11.0 Å². The third-order valence-corrected chi connectivity index (χ3v) is 3.80. The van der Waals surface area contributed by atoms with Crippen molar-refractivity contribution in [3.8, 4) is 0 Å². The number of nitrogens with two attached hydrogens (primary N) is 1. The number of furan rings is 1. The first-order valence-electron chi connectivity index (χ1n) is 6.81. The van der Waals surface area contributed by atoms with Gasteiger partial charge < -0.3 is 10.2 Å². The van der Waals surface area contributed by atoms with Crippen molar-refractivity contribution in [2.24, 2.45) is 0 Å². The van der Waals surface area contributed by atoms with Gasteiger partial charge in [-0.2, -0.15) is 0 Å². The Hall–Kier alpha value is -1.48. The number of benzene rings is 1. The first kappa shape index (κ1) is 11.6. The number of likely N-dealkylation sites (tertiary alicyclic amines) is 1. The van der Waals surface area contributed by atoms with Gasteiger partial charge in [0.15, 0.2) is 5.58 Å². The van der Waals surface area contributed by atoms with Gasteiger partial charge in [0.1, 0.15) is 0 Å². The van der Waals surface area contributed by atoms with Gasteiger partial charge in [-0.25, -0.2) is 0 Å². The molecule has 0 unspecified atom stereocenters. The van der Waals surface area contributed by atoms with E-state index in [9.17, 15) is 0 Å². The van der Waals surface area contributed by atoms with Crippen LogP contribution in [0.15, 0.2) is 28.9 Å². The summed E-state index contributed by atoms with van der Waals surface area (Å²) in [5.74, 6) is 0. The highest BCUT2D eigenvalue weighted by molar-refractivity contribution is 5.90. The molecule has 1 aliphatic heterocycles. The van der Waals surface area contributed by atoms with Crippen LogP contribution in [0.2, 0.25) is 0 Å². The molecule has 2 heterocycles. The maximum absolute atomic E-state index is 5.92. The molecule has 0 amide bonds. The van der Waals surface area contributed by atoms with Crippen LogP contribution in [0, 0.1) is 0 Å². The maximum Gasteiger partial charge on any atom is 0.157 e. The van der Waals surface area contributed by atoms with Gasteiger partial charge in [-0.15, -0.1) is 0 Å². The third kappa shape index (κ3) is 2.23. The highest BCUT2D eigenvalue weighted by atomic mass is 16.3. The first-order chi connectivity index (χ1) is 8.84. The summed E-state index contributed by atoms with van der Waals surface area (Å²) in [6, 6.07) is 5.99. The molecule has 3 rings (SSSR count). The molecule has 2 aromatic rings. The molecule has 0 radical (unpaired) electrons. The lowest BCUT2D eigenvalue weighted by Gasteiger charge is -2.18. The SMILES string of the molecule is Nc1cccc2c(CN3CCCCCC3)coc12. The van der Waals surface area contributed by atoms with Gasteiger partial charge in [-0.1, -0.05) is 25.0 Å². The molecule has 0 spiro atoms. The van der Waals surface area contributed by atoms with E-state index in [1.54, 1.807) is 0 Å². The molecule has 1 aromatic carbocycles. The summed E-state index contributed by atoms with van der Waals surface area (Å²) in [5, 5.41) is 1.17. The minimum Gasteiger partial charge on any atom is -0.462 e. The zero-order valence-electron chi connectivity index (χ0n) is 10.7. The van der Waals surface area contributed by atoms with Crippen molar-refractivity contribution in [3.05, 3.63) is 30.0 Å². The van der Waals surface area contributed by atoms with E-state index in [0.29, 0.717) is 0 Å². The zero-order valence-corrected chi connectivity index (χ0v) is 10.7. The summed E-state index contributed by atoms with van der Waals surface area (Å²) < 4.78 is 5.60. The number of hydrogen-bond acceptors (Lipinski definition) is 3. The number of para-hydroxylation sites is 1. The number of fused-ring (bicyclic) bond motifs is 1. The molecule has 3 nitrogen and oxygen atoms in total. The van der Waals surface area contributed by atoms with Crippen LogP contribution in [-0.4, -0.2) is 18.0 Å². The van der Waals surface area contributed by atoms with Crippen LogP contribution in [0.5, 0.6) is 0 Å². The molecule has 1 saturated heterocycles. The second-order valence-corrected chi connectivity index (χ2v) is 5.18. The molecule has 3 heteroatoms. The molecular weight excluding hydrogens is 224 g/mol. The molecule has 18 heavy (non-hydrogen) atoms. The minimum atomic E-state index is 0.731. The second kappa shape index (κ2) is 5.02. The molecule has 2 N–H and O–H groups in total. The van der Waals surface area contributed by atoms with E-state index < -0.39 is 0 Å². The molecule has 0 atom stereocenters. The van der Waals surface area contributed by atoms with Crippen molar-refractivity contribution in [2.75, 3.05) is 18.8 Å². The van der Waals surface area contributed by atoms with E-state index in [1.807, 2.05) is 18.4 Å². The summed E-state index contributed by atoms with van der Waals surface area (Å²) in [5.41, 5.74) is 8.75. The number of rotatable bonds is 2. The van der Waals surface area contributed by atoms with Crippen LogP contribution in [0.4, 0.5) is 5.69 Å². The Morgan fingerprint density at radius 2 is 1.89 bits per heavy atom. The van der Waals surface area contributed by atoms with Crippen LogP contribution in [-0.2, 0) is 6.54 Å². The third-order valence-electron chi connectivity index (χ3n) is 3.80. The standard InChI is InChI=1S/C15H20N2O/c16-14-7-5-6-13-12(11-18-15(13)14)10-17-8-3-1-2-4-9-17/h5-7,11H,1-4,8-10,16H2. The lowest BCUT2D eigenvalue weighted by Crippen LogP contribution is -2.23. The summed E-state index contributed by atoms with van der Waals surface area (Å²) in [6.07, 6.45) is 7.24. The van der Waals surface area contributed by atoms with Crippen molar-refractivity contribution in [3.63, 3.8) is 0 Å². The van der Waals surface area contributed by atoms with Crippen LogP contribution < -0.4 is 5.73 Å². The van der Waals surface area contributed by atoms with Crippen LogP contribution in [0.1, 0.15) is 31.2 Å². The Labute approximate surface area is 108 Å². The van der Waals surface area contributed by atoms with Crippen molar-refractivity contribution in [1.29, 1.82) is 0 Å². The summed E-state index contributed by atoms with van der Waals surface area (Å²) in [6.45, 7) is 3.39. The van der Waals surface area contributed by atoms with Crippen LogP contribution >= 0.6 is 0 Å². The average Bonchev–Trinajstić information content (AvgIpc) is 2.61. The lowest BCUT2D eigenvalue weighted by atomic mass is 10.1. The molecule has 0 bridgehead atoms. The normalized spacial score (nSPS) is 18.0. The van der Waals surface area contributed by atoms with Gasteiger partial charge in [0, 0.05) is 17.5 Å². The van der Waals surface area contributed by atoms with Crippen molar-refractivity contribution in [1.82, 2.24) is 4.90 Å². The van der Waals surface area contributed by atoms with Gasteiger partial charge in [0.25, 0.3) is 0 Å². The lowest BCUT2D eigenvalue weighted by molar-refractivity contribution is 0.277. The quantitative estimate of drug-likeness (QED) is 0.823. The first-order valence-corrected chi connectivity index (χ1v) is 6.81. The van der Waals surface area contributed by atoms with E-state index in [4.69, 9.17) is 10.2 Å². The van der Waals surface area contributed by atoms with Gasteiger partial charge in [-0.3, -0.25) is 4.90 Å². The highest BCUT2D eigenvalue weighted by Crippen LogP contribution is 2.27. The minimum absolute atomic E-state index is 0.731. The zero-order chi connectivity index (χ0) is 12.4. The molecule has 1 aliphatic rings. The van der Waals surface area contributed by atoms with Crippen LogP contribution in [0.25, 0.3) is 11.0 Å². The Kier molecular flexibility index (Phi) is 3.24. The van der Waals surface area contributed by atoms with E-state index in [0.717, 1.165) is 17.8 Å². The Balaban J connectivity index is 1.83. The Morgan fingerprint density at radius 3 is 2.67 bits per heavy atom. The fourth-order valence-corrected chi connectivity index (χ4v) is 2.79. The van der Waals surface area contributed by atoms with Gasteiger partial charge >= 0.3 is 0 Å². The Bertz CT molecular complexity index is 524. The van der Waals surface area contributed by atoms with Crippen LogP contribution in [0.3, 0.4) is 0 Å². The number of nitrogens with zero attached hydrogens (tertiary/aromatic N) is 1. The van der Waals surface area contributed by atoms with E-state index in [-0.39, 0.29) is 0 Å². The molecule has 1 aromatic heterocycles. The topological polar surface area (TPSA) is 42.4 Å². The average molecular weight is 244 g/mol. The molecule has 0 saturated carbocycles. The van der Waals surface area contributed by atoms with Gasteiger partial charge in [-0.05, 0) is 32.0 Å². The second-order valence-electron chi connectivity index (χ2n) is 5.18. The molecule has 1 fully saturated rings. The van der Waals surface area contributed by atoms with Crippen molar-refractivity contribution < 1.29 is 4.42 Å². The summed E-state index contributed by atoms with van der Waals surface area (Å²) >= 11 is 0. The maximum atomic E-state index is 5.92. The van der Waals surface area contributed by atoms with Gasteiger partial charge in [0.05, 0.1) is 12.0 Å². The number of hydrogen-bond donors (Lipinski definition) is 1. The molecule has 96 valence electrons. The predicted molar refractivity (Wildman–Crippen MR) is 74.4 cm³/mol. The fourth-order valence-electron chi connectivity index (χ4n) is 2.79.